The van der Waals surface area contributed by atoms with Crippen molar-refractivity contribution < 1.29 is 18.7 Å². The Balaban J connectivity index is 4.19. The van der Waals surface area contributed by atoms with E-state index >= 15 is 0 Å². The second-order valence-electron chi connectivity index (χ2n) is 2.07. The van der Waals surface area contributed by atoms with Crippen LogP contribution in [0.2, 0.25) is 0 Å². The Morgan fingerprint density at radius 3 is 1.89 bits per heavy atom. The molecule has 0 N–H and O–H groups in total. The molecule has 0 bridgehead atoms. The first-order valence-electron chi connectivity index (χ1n) is 2.48. The molecule has 0 aromatic rings. The highest BCUT2D eigenvalue weighted by molar-refractivity contribution is 5.73. The molecule has 0 rings (SSSR count). The molecule has 9 heavy (non-hydrogen) atoms. The first-order valence-corrected chi connectivity index (χ1v) is 2.48. The molecule has 0 atom stereocenters. The second kappa shape index (κ2) is 2.29. The summed E-state index contributed by atoms with van der Waals surface area (Å²) in [5, 5.41) is 9.60. The van der Waals surface area contributed by atoms with Gasteiger partial charge in [-0.1, -0.05) is 13.8 Å². The number of carbonyl (C=O) groups excluding carboxylic acids is 1. The van der Waals surface area contributed by atoms with E-state index < -0.39 is 17.8 Å². The molecule has 54 valence electrons. The zero-order valence-electron chi connectivity index (χ0n) is 5.15. The molecule has 0 saturated heterocycles. The summed E-state index contributed by atoms with van der Waals surface area (Å²) in [6.45, 7) is 2.24. The molecule has 0 spiro atoms. The van der Waals surface area contributed by atoms with Crippen molar-refractivity contribution in [1.82, 2.24) is 0 Å². The summed E-state index contributed by atoms with van der Waals surface area (Å²) < 4.78 is 24.0. The normalized spacial score (nSPS) is 12.1. The van der Waals surface area contributed by atoms with Crippen molar-refractivity contribution in [2.45, 2.75) is 19.8 Å². The van der Waals surface area contributed by atoms with E-state index in [2.05, 4.69) is 0 Å². The third-order valence-corrected chi connectivity index (χ3v) is 0.997. The van der Waals surface area contributed by atoms with Crippen molar-refractivity contribution in [2.75, 3.05) is 0 Å². The van der Waals surface area contributed by atoms with Gasteiger partial charge in [-0.2, -0.15) is 8.78 Å². The molecular formula is C5H7F2O2-. The zero-order chi connectivity index (χ0) is 7.65. The third kappa shape index (κ3) is 1.62. The smallest absolute Gasteiger partial charge is 0.289 e. The van der Waals surface area contributed by atoms with Gasteiger partial charge in [0, 0.05) is 5.92 Å². The van der Waals surface area contributed by atoms with Crippen molar-refractivity contribution in [2.24, 2.45) is 5.92 Å². The lowest BCUT2D eigenvalue weighted by atomic mass is 10.1. The van der Waals surface area contributed by atoms with Crippen molar-refractivity contribution in [3.8, 4) is 0 Å². The first-order chi connectivity index (χ1) is 3.89. The quantitative estimate of drug-likeness (QED) is 0.538. The fourth-order valence-corrected chi connectivity index (χ4v) is 0.236. The number of hydrogen-bond donors (Lipinski definition) is 0. The van der Waals surface area contributed by atoms with E-state index in [1.165, 1.54) is 0 Å². The lowest BCUT2D eigenvalue weighted by Crippen LogP contribution is -2.45. The van der Waals surface area contributed by atoms with Crippen LogP contribution in [-0.2, 0) is 4.79 Å². The predicted molar refractivity (Wildman–Crippen MR) is 24.8 cm³/mol. The number of rotatable bonds is 2. The van der Waals surface area contributed by atoms with Gasteiger partial charge in [-0.25, -0.2) is 0 Å². The molecule has 2 nitrogen and oxygen atoms in total. The number of hydrogen-bond acceptors (Lipinski definition) is 2. The molecule has 0 aliphatic carbocycles. The van der Waals surface area contributed by atoms with Crippen LogP contribution in [-0.4, -0.2) is 11.9 Å². The minimum atomic E-state index is -3.69. The van der Waals surface area contributed by atoms with Crippen LogP contribution in [0.15, 0.2) is 0 Å². The minimum absolute atomic E-state index is 1.12. The van der Waals surface area contributed by atoms with E-state index in [1.54, 1.807) is 0 Å². The molecule has 0 heterocycles. The number of halogens is 2. The fraction of sp³-hybridized carbons (Fsp3) is 0.800. The third-order valence-electron chi connectivity index (χ3n) is 0.997. The van der Waals surface area contributed by atoms with Crippen molar-refractivity contribution in [1.29, 1.82) is 0 Å². The van der Waals surface area contributed by atoms with E-state index in [9.17, 15) is 18.7 Å². The van der Waals surface area contributed by atoms with Gasteiger partial charge in [0.15, 0.2) is 0 Å². The maximum absolute atomic E-state index is 12.0. The van der Waals surface area contributed by atoms with Gasteiger partial charge in [-0.3, -0.25) is 0 Å². The largest absolute Gasteiger partial charge is 0.544 e. The van der Waals surface area contributed by atoms with Gasteiger partial charge in [0.05, 0.1) is 0 Å². The molecule has 0 aliphatic rings. The van der Waals surface area contributed by atoms with Crippen LogP contribution in [0, 0.1) is 5.92 Å². The van der Waals surface area contributed by atoms with Crippen LogP contribution in [0.1, 0.15) is 13.8 Å². The van der Waals surface area contributed by atoms with Gasteiger partial charge in [0.1, 0.15) is 5.97 Å². The Hall–Kier alpha value is -0.670. The van der Waals surface area contributed by atoms with Gasteiger partial charge in [-0.05, 0) is 0 Å². The maximum atomic E-state index is 12.0. The van der Waals surface area contributed by atoms with Crippen LogP contribution in [0.3, 0.4) is 0 Å². The van der Waals surface area contributed by atoms with Gasteiger partial charge in [0.2, 0.25) is 0 Å². The Morgan fingerprint density at radius 2 is 1.89 bits per heavy atom. The van der Waals surface area contributed by atoms with Crippen LogP contribution >= 0.6 is 0 Å². The van der Waals surface area contributed by atoms with Crippen LogP contribution < -0.4 is 5.11 Å². The van der Waals surface area contributed by atoms with Crippen molar-refractivity contribution in [3.63, 3.8) is 0 Å². The first kappa shape index (κ1) is 8.33. The summed E-state index contributed by atoms with van der Waals surface area (Å²) in [5.41, 5.74) is 0. The molecule has 0 aromatic heterocycles. The highest BCUT2D eigenvalue weighted by atomic mass is 19.3. The molecule has 0 radical (unpaired) electrons. The summed E-state index contributed by atoms with van der Waals surface area (Å²) >= 11 is 0. The number of carboxylic acid groups (broad SMARTS) is 1. The predicted octanol–water partition coefficient (Wildman–Crippen LogP) is 0.0276. The van der Waals surface area contributed by atoms with Crippen LogP contribution in [0.5, 0.6) is 0 Å². The van der Waals surface area contributed by atoms with Crippen molar-refractivity contribution >= 4 is 5.97 Å². The average molecular weight is 137 g/mol. The summed E-state index contributed by atoms with van der Waals surface area (Å²) in [5.74, 6) is -7.21. The van der Waals surface area contributed by atoms with Crippen molar-refractivity contribution in [3.05, 3.63) is 0 Å². The number of alkyl halides is 2. The number of carbonyl (C=O) groups is 1. The number of aliphatic carboxylic acids is 1. The highest BCUT2D eigenvalue weighted by Gasteiger charge is 2.34. The molecule has 0 fully saturated rings. The molecular weight excluding hydrogens is 130 g/mol. The standard InChI is InChI=1S/C5H8F2O2/c1-3(2)5(6,7)4(8)9/h3H,1-2H3,(H,8,9)/p-1. The molecule has 0 unspecified atom stereocenters. The van der Waals surface area contributed by atoms with E-state index in [0.717, 1.165) is 13.8 Å². The van der Waals surface area contributed by atoms with Gasteiger partial charge < -0.3 is 9.90 Å². The molecule has 0 saturated carbocycles. The second-order valence-corrected chi connectivity index (χ2v) is 2.07. The Morgan fingerprint density at radius 1 is 1.56 bits per heavy atom. The summed E-state index contributed by atoms with van der Waals surface area (Å²) in [7, 11) is 0. The van der Waals surface area contributed by atoms with Crippen LogP contribution in [0.25, 0.3) is 0 Å². The van der Waals surface area contributed by atoms with E-state index in [4.69, 9.17) is 0 Å². The average Bonchev–Trinajstić information content (AvgIpc) is 1.65. The number of carboxylic acids is 1. The summed E-state index contributed by atoms with van der Waals surface area (Å²) in [6.07, 6.45) is 0. The van der Waals surface area contributed by atoms with Gasteiger partial charge in [0.25, 0.3) is 5.92 Å². The molecule has 0 amide bonds. The Kier molecular flexibility index (Phi) is 2.12. The van der Waals surface area contributed by atoms with Gasteiger partial charge in [-0.15, -0.1) is 0 Å². The van der Waals surface area contributed by atoms with Crippen LogP contribution in [0.4, 0.5) is 8.78 Å². The molecule has 0 aliphatic heterocycles. The maximum Gasteiger partial charge on any atom is 0.289 e. The minimum Gasteiger partial charge on any atom is -0.544 e. The Bertz CT molecular complexity index is 120. The lowest BCUT2D eigenvalue weighted by molar-refractivity contribution is -0.333. The monoisotopic (exact) mass is 137 g/mol. The van der Waals surface area contributed by atoms with E-state index in [0.29, 0.717) is 0 Å². The highest BCUT2D eigenvalue weighted by Crippen LogP contribution is 2.22. The van der Waals surface area contributed by atoms with E-state index in [1.807, 2.05) is 0 Å². The zero-order valence-corrected chi connectivity index (χ0v) is 5.15. The lowest BCUT2D eigenvalue weighted by Gasteiger charge is -2.20. The summed E-state index contributed by atoms with van der Waals surface area (Å²) in [4.78, 5) is 9.60. The molecule has 4 heteroatoms. The summed E-state index contributed by atoms with van der Waals surface area (Å²) in [6, 6.07) is 0. The van der Waals surface area contributed by atoms with E-state index in [-0.39, 0.29) is 0 Å². The molecule has 0 aromatic carbocycles. The van der Waals surface area contributed by atoms with Gasteiger partial charge >= 0.3 is 0 Å². The topological polar surface area (TPSA) is 40.1 Å². The Labute approximate surface area is 51.5 Å². The fourth-order valence-electron chi connectivity index (χ4n) is 0.236. The SMILES string of the molecule is CC(C)C(F)(F)C(=O)[O-].